The van der Waals surface area contributed by atoms with Crippen LogP contribution in [0.5, 0.6) is 0 Å². The van der Waals surface area contributed by atoms with Gasteiger partial charge in [0, 0.05) is 11.8 Å². The summed E-state index contributed by atoms with van der Waals surface area (Å²) in [4.78, 5) is 15.3. The zero-order chi connectivity index (χ0) is 15.4. The van der Waals surface area contributed by atoms with Gasteiger partial charge in [0.25, 0.3) is 0 Å². The molecule has 2 aromatic rings. The molecule has 0 saturated carbocycles. The molecule has 0 aliphatic rings. The number of carbonyl (C=O) groups is 1. The molecule has 0 amide bonds. The number of hydrogen-bond donors (Lipinski definition) is 2. The number of carbonyl (C=O) groups excluding carboxylic acids is 1. The van der Waals surface area contributed by atoms with Gasteiger partial charge < -0.3 is 10.4 Å². The number of aliphatic hydroxyl groups is 1. The largest absolute Gasteiger partial charge is 0.386 e. The van der Waals surface area contributed by atoms with Gasteiger partial charge in [-0.2, -0.15) is 0 Å². The fourth-order valence-corrected chi connectivity index (χ4v) is 1.95. The van der Waals surface area contributed by atoms with Crippen molar-refractivity contribution in [1.29, 1.82) is 0 Å². The lowest BCUT2D eigenvalue weighted by molar-refractivity contribution is 0.101. The number of pyridine rings is 1. The molecular weight excluding hydrogens is 271 g/mol. The summed E-state index contributed by atoms with van der Waals surface area (Å²) in [6.07, 6.45) is 0.696. The summed E-state index contributed by atoms with van der Waals surface area (Å²) in [7, 11) is 0. The molecule has 0 fully saturated rings. The Morgan fingerprint density at radius 2 is 1.90 bits per heavy atom. The van der Waals surface area contributed by atoms with E-state index in [1.165, 1.54) is 25.3 Å². The second-order valence-corrected chi connectivity index (χ2v) is 4.92. The van der Waals surface area contributed by atoms with Crippen molar-refractivity contribution in [2.24, 2.45) is 0 Å². The molecule has 0 aliphatic heterocycles. The van der Waals surface area contributed by atoms with E-state index in [0.717, 1.165) is 0 Å². The standard InChI is InChI=1S/C16H17FN2O2/c1-10(16(21)12-3-6-14(17)7-4-12)19-15-8-5-13(9-18-15)11(2)20/h3-10,16,21H,1-2H3,(H,18,19)/t10-,16+/m0/s1. The number of rotatable bonds is 5. The van der Waals surface area contributed by atoms with Crippen molar-refractivity contribution in [2.45, 2.75) is 26.0 Å². The third kappa shape index (κ3) is 3.86. The average Bonchev–Trinajstić information content (AvgIpc) is 2.47. The summed E-state index contributed by atoms with van der Waals surface area (Å²) in [5.41, 5.74) is 1.16. The Morgan fingerprint density at radius 1 is 1.24 bits per heavy atom. The molecule has 2 atom stereocenters. The van der Waals surface area contributed by atoms with Gasteiger partial charge in [-0.3, -0.25) is 4.79 Å². The number of aromatic nitrogens is 1. The van der Waals surface area contributed by atoms with Gasteiger partial charge in [-0.05, 0) is 43.7 Å². The average molecular weight is 288 g/mol. The maximum absolute atomic E-state index is 12.9. The molecule has 1 aromatic carbocycles. The van der Waals surface area contributed by atoms with Crippen molar-refractivity contribution < 1.29 is 14.3 Å². The van der Waals surface area contributed by atoms with Crippen LogP contribution in [0, 0.1) is 5.82 Å². The van der Waals surface area contributed by atoms with E-state index in [2.05, 4.69) is 10.3 Å². The van der Waals surface area contributed by atoms with Crippen LogP contribution in [0.1, 0.15) is 35.9 Å². The maximum Gasteiger partial charge on any atom is 0.161 e. The van der Waals surface area contributed by atoms with Crippen molar-refractivity contribution in [1.82, 2.24) is 4.98 Å². The minimum atomic E-state index is -0.792. The van der Waals surface area contributed by atoms with E-state index in [-0.39, 0.29) is 17.6 Å². The summed E-state index contributed by atoms with van der Waals surface area (Å²) in [5.74, 6) is 0.176. The Balaban J connectivity index is 2.04. The third-order valence-corrected chi connectivity index (χ3v) is 3.23. The number of benzene rings is 1. The second-order valence-electron chi connectivity index (χ2n) is 4.92. The van der Waals surface area contributed by atoms with Gasteiger partial charge in [0.2, 0.25) is 0 Å². The molecule has 0 saturated heterocycles. The van der Waals surface area contributed by atoms with Crippen LogP contribution < -0.4 is 5.32 Å². The van der Waals surface area contributed by atoms with Crippen molar-refractivity contribution in [3.05, 3.63) is 59.5 Å². The number of halogens is 1. The van der Waals surface area contributed by atoms with Crippen LogP contribution in [0.15, 0.2) is 42.6 Å². The lowest BCUT2D eigenvalue weighted by atomic mass is 10.0. The van der Waals surface area contributed by atoms with Gasteiger partial charge in [-0.15, -0.1) is 0 Å². The highest BCUT2D eigenvalue weighted by Crippen LogP contribution is 2.20. The maximum atomic E-state index is 12.9. The molecule has 0 aliphatic carbocycles. The van der Waals surface area contributed by atoms with Gasteiger partial charge in [0.05, 0.1) is 12.1 Å². The number of aliphatic hydroxyl groups excluding tert-OH is 1. The molecule has 1 aromatic heterocycles. The number of hydrogen-bond acceptors (Lipinski definition) is 4. The van der Waals surface area contributed by atoms with Crippen LogP contribution in [0.3, 0.4) is 0 Å². The smallest absolute Gasteiger partial charge is 0.161 e. The van der Waals surface area contributed by atoms with Crippen LogP contribution >= 0.6 is 0 Å². The third-order valence-electron chi connectivity index (χ3n) is 3.23. The molecule has 0 radical (unpaired) electrons. The first-order valence-electron chi connectivity index (χ1n) is 6.64. The van der Waals surface area contributed by atoms with Crippen LogP contribution in [-0.2, 0) is 0 Å². The lowest BCUT2D eigenvalue weighted by Crippen LogP contribution is -2.24. The molecule has 0 spiro atoms. The second kappa shape index (κ2) is 6.45. The fraction of sp³-hybridized carbons (Fsp3) is 0.250. The van der Waals surface area contributed by atoms with E-state index >= 15 is 0 Å². The van der Waals surface area contributed by atoms with Gasteiger partial charge in [-0.1, -0.05) is 12.1 Å². The van der Waals surface area contributed by atoms with E-state index in [9.17, 15) is 14.3 Å². The molecule has 2 N–H and O–H groups in total. The molecule has 1 heterocycles. The van der Waals surface area contributed by atoms with Crippen LogP contribution in [-0.4, -0.2) is 21.9 Å². The number of Topliss-reactive ketones (excluding diaryl/α,β-unsaturated/α-hetero) is 1. The number of ketones is 1. The number of anilines is 1. The Kier molecular flexibility index (Phi) is 4.65. The van der Waals surface area contributed by atoms with E-state index in [0.29, 0.717) is 16.9 Å². The van der Waals surface area contributed by atoms with Gasteiger partial charge in [-0.25, -0.2) is 9.37 Å². The minimum Gasteiger partial charge on any atom is -0.386 e. The normalized spacial score (nSPS) is 13.5. The van der Waals surface area contributed by atoms with E-state index in [1.54, 1.807) is 31.2 Å². The first-order chi connectivity index (χ1) is 9.97. The van der Waals surface area contributed by atoms with Crippen molar-refractivity contribution >= 4 is 11.6 Å². The van der Waals surface area contributed by atoms with Crippen LogP contribution in [0.25, 0.3) is 0 Å². The SMILES string of the molecule is CC(=O)c1ccc(N[C@@H](C)[C@@H](O)c2ccc(F)cc2)nc1. The molecule has 5 heteroatoms. The van der Waals surface area contributed by atoms with Crippen LogP contribution in [0.4, 0.5) is 10.2 Å². The molecule has 110 valence electrons. The predicted molar refractivity (Wildman–Crippen MR) is 78.7 cm³/mol. The van der Waals surface area contributed by atoms with Crippen molar-refractivity contribution in [2.75, 3.05) is 5.32 Å². The van der Waals surface area contributed by atoms with Gasteiger partial charge in [0.1, 0.15) is 11.6 Å². The molecule has 0 bridgehead atoms. The lowest BCUT2D eigenvalue weighted by Gasteiger charge is -2.21. The Bertz CT molecular complexity index is 611. The summed E-state index contributed by atoms with van der Waals surface area (Å²) in [6.45, 7) is 3.28. The molecule has 2 rings (SSSR count). The first-order valence-corrected chi connectivity index (χ1v) is 6.64. The fourth-order valence-electron chi connectivity index (χ4n) is 1.95. The first kappa shape index (κ1) is 15.1. The number of nitrogens with one attached hydrogen (secondary N) is 1. The highest BCUT2D eigenvalue weighted by Gasteiger charge is 2.16. The minimum absolute atomic E-state index is 0.0477. The highest BCUT2D eigenvalue weighted by atomic mass is 19.1. The Labute approximate surface area is 122 Å². The molecular formula is C16H17FN2O2. The molecule has 4 nitrogen and oxygen atoms in total. The van der Waals surface area contributed by atoms with E-state index in [4.69, 9.17) is 0 Å². The highest BCUT2D eigenvalue weighted by molar-refractivity contribution is 5.93. The van der Waals surface area contributed by atoms with Gasteiger partial charge in [0.15, 0.2) is 5.78 Å². The summed E-state index contributed by atoms with van der Waals surface area (Å²) < 4.78 is 12.9. The zero-order valence-corrected chi connectivity index (χ0v) is 11.9. The predicted octanol–water partition coefficient (Wildman–Crippen LogP) is 2.96. The monoisotopic (exact) mass is 288 g/mol. The van der Waals surface area contributed by atoms with Crippen molar-refractivity contribution in [3.8, 4) is 0 Å². The Hall–Kier alpha value is -2.27. The van der Waals surface area contributed by atoms with Gasteiger partial charge >= 0.3 is 0 Å². The quantitative estimate of drug-likeness (QED) is 0.830. The summed E-state index contributed by atoms with van der Waals surface area (Å²) in [6, 6.07) is 8.76. The molecule has 0 unspecified atom stereocenters. The topological polar surface area (TPSA) is 62.2 Å². The van der Waals surface area contributed by atoms with E-state index in [1.807, 2.05) is 0 Å². The number of nitrogens with zero attached hydrogens (tertiary/aromatic N) is 1. The van der Waals surface area contributed by atoms with Crippen molar-refractivity contribution in [3.63, 3.8) is 0 Å². The summed E-state index contributed by atoms with van der Waals surface area (Å²) in [5, 5.41) is 13.3. The zero-order valence-electron chi connectivity index (χ0n) is 11.9. The van der Waals surface area contributed by atoms with Crippen LogP contribution in [0.2, 0.25) is 0 Å². The Morgan fingerprint density at radius 3 is 2.43 bits per heavy atom. The molecule has 21 heavy (non-hydrogen) atoms. The van der Waals surface area contributed by atoms with E-state index < -0.39 is 6.10 Å². The summed E-state index contributed by atoms with van der Waals surface area (Å²) >= 11 is 0.